The van der Waals surface area contributed by atoms with Gasteiger partial charge in [0.1, 0.15) is 0 Å². The lowest BCUT2D eigenvalue weighted by atomic mass is 10.1. The van der Waals surface area contributed by atoms with E-state index in [4.69, 9.17) is 0 Å². The Morgan fingerprint density at radius 3 is 2.53 bits per heavy atom. The van der Waals surface area contributed by atoms with E-state index < -0.39 is 0 Å². The van der Waals surface area contributed by atoms with E-state index in [0.717, 1.165) is 18.7 Å². The first-order valence-corrected chi connectivity index (χ1v) is 6.92. The summed E-state index contributed by atoms with van der Waals surface area (Å²) in [5, 5.41) is 5.99. The highest BCUT2D eigenvalue weighted by atomic mass is 127. The van der Waals surface area contributed by atoms with Crippen molar-refractivity contribution < 1.29 is 4.79 Å². The van der Waals surface area contributed by atoms with E-state index in [9.17, 15) is 4.79 Å². The summed E-state index contributed by atoms with van der Waals surface area (Å²) in [5.74, 6) is 0.670. The zero-order valence-electron chi connectivity index (χ0n) is 10.3. The van der Waals surface area contributed by atoms with Crippen LogP contribution in [0.3, 0.4) is 0 Å². The monoisotopic (exact) mass is 346 g/mol. The number of carbonyl (C=O) groups is 1. The first kappa shape index (κ1) is 14.3. The highest BCUT2D eigenvalue weighted by molar-refractivity contribution is 14.1. The SMILES string of the molecule is CC(C)CCNC(=O)CNc1ccc(I)cc1. The normalized spacial score (nSPS) is 10.4. The minimum absolute atomic E-state index is 0.0456. The van der Waals surface area contributed by atoms with Gasteiger partial charge in [-0.15, -0.1) is 0 Å². The summed E-state index contributed by atoms with van der Waals surface area (Å²) >= 11 is 2.26. The smallest absolute Gasteiger partial charge is 0.239 e. The van der Waals surface area contributed by atoms with E-state index in [0.29, 0.717) is 12.5 Å². The Kier molecular flexibility index (Phi) is 6.32. The fraction of sp³-hybridized carbons (Fsp3) is 0.462. The summed E-state index contributed by atoms with van der Waals surface area (Å²) in [6.07, 6.45) is 1.02. The molecule has 0 saturated heterocycles. The lowest BCUT2D eigenvalue weighted by Crippen LogP contribution is -2.31. The fourth-order valence-corrected chi connectivity index (χ4v) is 1.67. The van der Waals surface area contributed by atoms with Crippen molar-refractivity contribution in [2.24, 2.45) is 5.92 Å². The molecule has 0 aliphatic rings. The largest absolute Gasteiger partial charge is 0.376 e. The van der Waals surface area contributed by atoms with Crippen molar-refractivity contribution in [2.45, 2.75) is 20.3 Å². The Bertz CT molecular complexity index is 349. The van der Waals surface area contributed by atoms with Gasteiger partial charge in [0.25, 0.3) is 0 Å². The molecule has 2 N–H and O–H groups in total. The average Bonchev–Trinajstić information content (AvgIpc) is 2.28. The quantitative estimate of drug-likeness (QED) is 0.778. The predicted molar refractivity (Wildman–Crippen MR) is 80.1 cm³/mol. The first-order valence-electron chi connectivity index (χ1n) is 5.84. The van der Waals surface area contributed by atoms with Crippen LogP contribution in [0.1, 0.15) is 20.3 Å². The number of anilines is 1. The van der Waals surface area contributed by atoms with Gasteiger partial charge in [-0.25, -0.2) is 0 Å². The molecule has 0 fully saturated rings. The fourth-order valence-electron chi connectivity index (χ4n) is 1.31. The lowest BCUT2D eigenvalue weighted by molar-refractivity contribution is -0.119. The second-order valence-corrected chi connectivity index (χ2v) is 5.64. The van der Waals surface area contributed by atoms with E-state index in [2.05, 4.69) is 47.1 Å². The third-order valence-corrected chi connectivity index (χ3v) is 3.06. The first-order chi connectivity index (χ1) is 8.08. The van der Waals surface area contributed by atoms with Crippen LogP contribution in [-0.4, -0.2) is 19.0 Å². The Balaban J connectivity index is 2.21. The number of rotatable bonds is 6. The van der Waals surface area contributed by atoms with Gasteiger partial charge in [-0.05, 0) is 59.2 Å². The van der Waals surface area contributed by atoms with Crippen LogP contribution in [0, 0.1) is 9.49 Å². The summed E-state index contributed by atoms with van der Waals surface area (Å²) in [6.45, 7) is 5.38. The van der Waals surface area contributed by atoms with Gasteiger partial charge in [-0.3, -0.25) is 4.79 Å². The third-order valence-electron chi connectivity index (χ3n) is 2.34. The third kappa shape index (κ3) is 6.51. The standard InChI is InChI=1S/C13H19IN2O/c1-10(2)7-8-15-13(17)9-16-12-5-3-11(14)4-6-12/h3-6,10,16H,7-9H2,1-2H3,(H,15,17). The van der Waals surface area contributed by atoms with Crippen molar-refractivity contribution in [1.82, 2.24) is 5.32 Å². The summed E-state index contributed by atoms with van der Waals surface area (Å²) in [7, 11) is 0. The van der Waals surface area contributed by atoms with Crippen molar-refractivity contribution in [2.75, 3.05) is 18.4 Å². The molecule has 0 saturated carbocycles. The highest BCUT2D eigenvalue weighted by Crippen LogP contribution is 2.10. The maximum Gasteiger partial charge on any atom is 0.239 e. The van der Waals surface area contributed by atoms with Crippen molar-refractivity contribution in [3.05, 3.63) is 27.8 Å². The van der Waals surface area contributed by atoms with Gasteiger partial charge >= 0.3 is 0 Å². The summed E-state index contributed by atoms with van der Waals surface area (Å²) in [6, 6.07) is 7.98. The molecule has 1 aromatic rings. The Hall–Kier alpha value is -0.780. The maximum atomic E-state index is 11.5. The second-order valence-electron chi connectivity index (χ2n) is 4.39. The molecule has 0 spiro atoms. The molecule has 3 nitrogen and oxygen atoms in total. The Morgan fingerprint density at radius 2 is 1.94 bits per heavy atom. The topological polar surface area (TPSA) is 41.1 Å². The number of hydrogen-bond donors (Lipinski definition) is 2. The molecule has 1 amide bonds. The summed E-state index contributed by atoms with van der Waals surface area (Å²) < 4.78 is 1.19. The molecule has 1 rings (SSSR count). The Labute approximate surface area is 117 Å². The molecule has 0 unspecified atom stereocenters. The van der Waals surface area contributed by atoms with E-state index >= 15 is 0 Å². The van der Waals surface area contributed by atoms with Gasteiger partial charge in [-0.2, -0.15) is 0 Å². The average molecular weight is 346 g/mol. The zero-order chi connectivity index (χ0) is 12.7. The second kappa shape index (κ2) is 7.53. The van der Waals surface area contributed by atoms with Crippen LogP contribution in [-0.2, 0) is 4.79 Å². The Morgan fingerprint density at radius 1 is 1.29 bits per heavy atom. The van der Waals surface area contributed by atoms with Crippen LogP contribution in [0.2, 0.25) is 0 Å². The molecular weight excluding hydrogens is 327 g/mol. The summed E-state index contributed by atoms with van der Waals surface area (Å²) in [4.78, 5) is 11.5. The predicted octanol–water partition coefficient (Wildman–Crippen LogP) is 2.87. The number of nitrogens with one attached hydrogen (secondary N) is 2. The van der Waals surface area contributed by atoms with Crippen molar-refractivity contribution >= 4 is 34.2 Å². The van der Waals surface area contributed by atoms with Crippen LogP contribution in [0.25, 0.3) is 0 Å². The van der Waals surface area contributed by atoms with E-state index in [1.165, 1.54) is 3.57 Å². The molecule has 1 aromatic carbocycles. The maximum absolute atomic E-state index is 11.5. The molecular formula is C13H19IN2O. The number of benzene rings is 1. The molecule has 0 aliphatic carbocycles. The zero-order valence-corrected chi connectivity index (χ0v) is 12.5. The summed E-state index contributed by atoms with van der Waals surface area (Å²) in [5.41, 5.74) is 0.976. The number of halogens is 1. The molecule has 4 heteroatoms. The molecule has 17 heavy (non-hydrogen) atoms. The number of hydrogen-bond acceptors (Lipinski definition) is 2. The van der Waals surface area contributed by atoms with Gasteiger partial charge < -0.3 is 10.6 Å². The van der Waals surface area contributed by atoms with Crippen LogP contribution in [0.5, 0.6) is 0 Å². The van der Waals surface area contributed by atoms with Crippen molar-refractivity contribution in [3.63, 3.8) is 0 Å². The van der Waals surface area contributed by atoms with Gasteiger partial charge in [-0.1, -0.05) is 13.8 Å². The molecule has 0 aromatic heterocycles. The van der Waals surface area contributed by atoms with E-state index in [-0.39, 0.29) is 5.91 Å². The molecule has 0 radical (unpaired) electrons. The molecule has 94 valence electrons. The minimum Gasteiger partial charge on any atom is -0.376 e. The number of carbonyl (C=O) groups excluding carboxylic acids is 1. The van der Waals surface area contributed by atoms with E-state index in [1.54, 1.807) is 0 Å². The van der Waals surface area contributed by atoms with E-state index in [1.807, 2.05) is 24.3 Å². The van der Waals surface area contributed by atoms with Crippen LogP contribution in [0.15, 0.2) is 24.3 Å². The van der Waals surface area contributed by atoms with Gasteiger partial charge in [0, 0.05) is 15.8 Å². The van der Waals surface area contributed by atoms with Crippen LogP contribution < -0.4 is 10.6 Å². The van der Waals surface area contributed by atoms with Crippen molar-refractivity contribution in [1.29, 1.82) is 0 Å². The lowest BCUT2D eigenvalue weighted by Gasteiger charge is -2.09. The van der Waals surface area contributed by atoms with Gasteiger partial charge in [0.05, 0.1) is 6.54 Å². The molecule has 0 atom stereocenters. The minimum atomic E-state index is 0.0456. The van der Waals surface area contributed by atoms with Crippen LogP contribution in [0.4, 0.5) is 5.69 Å². The molecule has 0 bridgehead atoms. The molecule has 0 heterocycles. The van der Waals surface area contributed by atoms with Crippen molar-refractivity contribution in [3.8, 4) is 0 Å². The van der Waals surface area contributed by atoms with Gasteiger partial charge in [0.15, 0.2) is 0 Å². The number of amides is 1. The molecule has 0 aliphatic heterocycles. The van der Waals surface area contributed by atoms with Gasteiger partial charge in [0.2, 0.25) is 5.91 Å². The van der Waals surface area contributed by atoms with Crippen LogP contribution >= 0.6 is 22.6 Å². The highest BCUT2D eigenvalue weighted by Gasteiger charge is 2.01.